The van der Waals surface area contributed by atoms with Crippen molar-refractivity contribution in [1.29, 1.82) is 0 Å². The molecule has 1 amide bonds. The van der Waals surface area contributed by atoms with Crippen LogP contribution in [0.15, 0.2) is 48.7 Å². The lowest BCUT2D eigenvalue weighted by Gasteiger charge is -2.19. The Hall–Kier alpha value is -3.05. The van der Waals surface area contributed by atoms with Gasteiger partial charge in [0.25, 0.3) is 0 Å². The van der Waals surface area contributed by atoms with Gasteiger partial charge in [-0.25, -0.2) is 0 Å². The van der Waals surface area contributed by atoms with Crippen LogP contribution in [-0.2, 0) is 4.79 Å². The average molecular weight is 345 g/mol. The van der Waals surface area contributed by atoms with E-state index >= 15 is 0 Å². The van der Waals surface area contributed by atoms with Crippen LogP contribution in [0.25, 0.3) is 22.0 Å². The lowest BCUT2D eigenvalue weighted by atomic mass is 9.85. The zero-order valence-electron chi connectivity index (χ0n) is 14.7. The average Bonchev–Trinajstić information content (AvgIpc) is 2.64. The fraction of sp³-hybridized carbons (Fsp3) is 0.190. The number of aromatic nitrogens is 1. The number of pyridine rings is 1. The summed E-state index contributed by atoms with van der Waals surface area (Å²) in [6.45, 7) is 0.676. The molecule has 0 radical (unpaired) electrons. The van der Waals surface area contributed by atoms with Gasteiger partial charge in [0.05, 0.1) is 5.69 Å². The fourth-order valence-electron chi connectivity index (χ4n) is 3.33. The second-order valence-corrected chi connectivity index (χ2v) is 6.75. The summed E-state index contributed by atoms with van der Waals surface area (Å²) in [7, 11) is 3.85. The minimum atomic E-state index is -0.0671. The summed E-state index contributed by atoms with van der Waals surface area (Å²) in [6.07, 6.45) is 2.17. The van der Waals surface area contributed by atoms with Gasteiger partial charge in [0.2, 0.25) is 5.91 Å². The second-order valence-electron chi connectivity index (χ2n) is 6.75. The summed E-state index contributed by atoms with van der Waals surface area (Å²) in [5.41, 5.74) is 3.50. The second kappa shape index (κ2) is 6.35. The molecule has 0 saturated carbocycles. The van der Waals surface area contributed by atoms with E-state index < -0.39 is 0 Å². The van der Waals surface area contributed by atoms with Crippen molar-refractivity contribution >= 4 is 28.2 Å². The molecule has 4 rings (SSSR count). The highest BCUT2D eigenvalue weighted by atomic mass is 16.1. The number of benzene rings is 2. The molecule has 1 N–H and O–H groups in total. The number of rotatable bonds is 4. The Morgan fingerprint density at radius 2 is 1.92 bits per heavy atom. The molecule has 3 aromatic rings. The Bertz CT molecular complexity index is 1040. The SMILES string of the molecule is CN(C)CCC(=O)Nc1ccc2c(c1)C(=O)c1cccc3ccnc-2c13. The Balaban J connectivity index is 1.73. The first kappa shape index (κ1) is 16.4. The standard InChI is InChI=1S/C21H19N3O2/c1-24(2)11-9-18(25)23-14-6-7-15-17(12-14)21(26)16-5-3-4-13-8-10-22-20(15)19(13)16/h3-8,10,12H,9,11H2,1-2H3,(H,23,25). The van der Waals surface area contributed by atoms with Crippen LogP contribution in [0.1, 0.15) is 22.3 Å². The van der Waals surface area contributed by atoms with E-state index in [0.717, 1.165) is 22.0 Å². The summed E-state index contributed by atoms with van der Waals surface area (Å²) in [5.74, 6) is -0.0991. The van der Waals surface area contributed by atoms with E-state index in [1.165, 1.54) is 0 Å². The van der Waals surface area contributed by atoms with Crippen molar-refractivity contribution in [2.45, 2.75) is 6.42 Å². The molecule has 0 fully saturated rings. The van der Waals surface area contributed by atoms with Crippen molar-refractivity contribution in [3.63, 3.8) is 0 Å². The van der Waals surface area contributed by atoms with Crippen LogP contribution < -0.4 is 5.32 Å². The third kappa shape index (κ3) is 2.76. The van der Waals surface area contributed by atoms with Gasteiger partial charge in [-0.1, -0.05) is 18.2 Å². The molecule has 1 aliphatic rings. The number of hydrogen-bond acceptors (Lipinski definition) is 4. The van der Waals surface area contributed by atoms with Gasteiger partial charge in [-0.15, -0.1) is 0 Å². The molecule has 0 aliphatic heterocycles. The molecule has 0 unspecified atom stereocenters. The molecule has 1 heterocycles. The van der Waals surface area contributed by atoms with Crippen molar-refractivity contribution in [3.8, 4) is 11.3 Å². The molecular formula is C21H19N3O2. The molecule has 0 saturated heterocycles. The van der Waals surface area contributed by atoms with Gasteiger partial charge in [0, 0.05) is 46.9 Å². The van der Waals surface area contributed by atoms with Crippen LogP contribution in [0.5, 0.6) is 0 Å². The number of carbonyl (C=O) groups is 2. The van der Waals surface area contributed by atoms with E-state index in [1.807, 2.05) is 55.4 Å². The summed E-state index contributed by atoms with van der Waals surface area (Å²) in [5, 5.41) is 4.78. The van der Waals surface area contributed by atoms with Gasteiger partial charge in [0.15, 0.2) is 5.78 Å². The molecular weight excluding hydrogens is 326 g/mol. The Kier molecular flexibility index (Phi) is 4.01. The number of fused-ring (bicyclic) bond motifs is 2. The molecule has 5 nitrogen and oxygen atoms in total. The van der Waals surface area contributed by atoms with Crippen molar-refractivity contribution in [2.24, 2.45) is 0 Å². The van der Waals surface area contributed by atoms with Gasteiger partial charge >= 0.3 is 0 Å². The number of nitrogens with zero attached hydrogens (tertiary/aromatic N) is 2. The third-order valence-electron chi connectivity index (χ3n) is 4.62. The molecule has 0 bridgehead atoms. The van der Waals surface area contributed by atoms with E-state index in [4.69, 9.17) is 0 Å². The Labute approximate surface area is 151 Å². The number of nitrogens with one attached hydrogen (secondary N) is 1. The van der Waals surface area contributed by atoms with E-state index in [2.05, 4.69) is 10.3 Å². The monoisotopic (exact) mass is 345 g/mol. The number of amides is 1. The number of anilines is 1. The zero-order valence-corrected chi connectivity index (χ0v) is 14.7. The predicted octanol–water partition coefficient (Wildman–Crippen LogP) is 3.34. The molecule has 26 heavy (non-hydrogen) atoms. The summed E-state index contributed by atoms with van der Waals surface area (Å²) in [4.78, 5) is 31.5. The van der Waals surface area contributed by atoms with Gasteiger partial charge in [-0.3, -0.25) is 14.6 Å². The largest absolute Gasteiger partial charge is 0.326 e. The molecule has 2 aromatic carbocycles. The molecule has 5 heteroatoms. The lowest BCUT2D eigenvalue weighted by molar-refractivity contribution is -0.116. The number of ketones is 1. The first-order valence-electron chi connectivity index (χ1n) is 8.56. The van der Waals surface area contributed by atoms with Crippen LogP contribution in [0.2, 0.25) is 0 Å². The minimum Gasteiger partial charge on any atom is -0.326 e. The highest BCUT2D eigenvalue weighted by Gasteiger charge is 2.26. The maximum Gasteiger partial charge on any atom is 0.225 e. The fourth-order valence-corrected chi connectivity index (χ4v) is 3.33. The van der Waals surface area contributed by atoms with Crippen LogP contribution in [0, 0.1) is 0 Å². The van der Waals surface area contributed by atoms with Crippen molar-refractivity contribution in [1.82, 2.24) is 9.88 Å². The first-order valence-corrected chi connectivity index (χ1v) is 8.56. The van der Waals surface area contributed by atoms with Crippen molar-refractivity contribution in [2.75, 3.05) is 26.0 Å². The highest BCUT2D eigenvalue weighted by Crippen LogP contribution is 2.38. The van der Waals surface area contributed by atoms with Crippen molar-refractivity contribution < 1.29 is 9.59 Å². The summed E-state index contributed by atoms with van der Waals surface area (Å²) >= 11 is 0. The predicted molar refractivity (Wildman–Crippen MR) is 102 cm³/mol. The normalized spacial score (nSPS) is 12.3. The zero-order chi connectivity index (χ0) is 18.3. The van der Waals surface area contributed by atoms with E-state index in [0.29, 0.717) is 29.8 Å². The topological polar surface area (TPSA) is 62.3 Å². The molecule has 0 atom stereocenters. The quantitative estimate of drug-likeness (QED) is 0.616. The van der Waals surface area contributed by atoms with Gasteiger partial charge in [0.1, 0.15) is 0 Å². The molecule has 1 aromatic heterocycles. The lowest BCUT2D eigenvalue weighted by Crippen LogP contribution is -2.21. The van der Waals surface area contributed by atoms with Crippen LogP contribution >= 0.6 is 0 Å². The maximum atomic E-state index is 13.0. The summed E-state index contributed by atoms with van der Waals surface area (Å²) < 4.78 is 0. The van der Waals surface area contributed by atoms with Crippen LogP contribution in [0.4, 0.5) is 5.69 Å². The Morgan fingerprint density at radius 3 is 2.73 bits per heavy atom. The highest BCUT2D eigenvalue weighted by molar-refractivity contribution is 6.25. The van der Waals surface area contributed by atoms with E-state index in [-0.39, 0.29) is 11.7 Å². The van der Waals surface area contributed by atoms with E-state index in [9.17, 15) is 9.59 Å². The Morgan fingerprint density at radius 1 is 1.08 bits per heavy atom. The first-order chi connectivity index (χ1) is 12.5. The van der Waals surface area contributed by atoms with Gasteiger partial charge in [-0.2, -0.15) is 0 Å². The smallest absolute Gasteiger partial charge is 0.225 e. The number of hydrogen-bond donors (Lipinski definition) is 1. The maximum absolute atomic E-state index is 13.0. The molecule has 1 aliphatic carbocycles. The van der Waals surface area contributed by atoms with Gasteiger partial charge in [-0.05, 0) is 43.7 Å². The van der Waals surface area contributed by atoms with E-state index in [1.54, 1.807) is 12.3 Å². The van der Waals surface area contributed by atoms with Gasteiger partial charge < -0.3 is 10.2 Å². The minimum absolute atomic E-state index is 0.0320. The third-order valence-corrected chi connectivity index (χ3v) is 4.62. The van der Waals surface area contributed by atoms with Crippen LogP contribution in [-0.4, -0.2) is 42.2 Å². The molecule has 130 valence electrons. The summed E-state index contributed by atoms with van der Waals surface area (Å²) in [6, 6.07) is 13.1. The molecule has 0 spiro atoms. The van der Waals surface area contributed by atoms with Crippen molar-refractivity contribution in [3.05, 3.63) is 59.8 Å². The number of carbonyl (C=O) groups excluding carboxylic acids is 2. The van der Waals surface area contributed by atoms with Crippen LogP contribution in [0.3, 0.4) is 0 Å².